The van der Waals surface area contributed by atoms with E-state index < -0.39 is 0 Å². The topological polar surface area (TPSA) is 21.1 Å². The van der Waals surface area contributed by atoms with Gasteiger partial charge in [-0.3, -0.25) is 4.90 Å². The van der Waals surface area contributed by atoms with Gasteiger partial charge in [-0.05, 0) is 58.2 Å². The third-order valence-electron chi connectivity index (χ3n) is 5.27. The van der Waals surface area contributed by atoms with Crippen LogP contribution in [0.25, 0.3) is 0 Å². The number of aryl methyl sites for hydroxylation is 2. The predicted octanol–water partition coefficient (Wildman–Crippen LogP) is 4.24. The molecular weight excluding hydrogens is 282 g/mol. The van der Waals surface area contributed by atoms with Crippen LogP contribution in [0.5, 0.6) is 0 Å². The first-order chi connectivity index (χ1) is 11.3. The van der Waals surface area contributed by atoms with Gasteiger partial charge in [0.25, 0.3) is 0 Å². The van der Waals surface area contributed by atoms with Crippen molar-refractivity contribution >= 4 is 0 Å². The summed E-state index contributed by atoms with van der Waals surface area (Å²) in [4.78, 5) is 7.03. The second-order valence-electron chi connectivity index (χ2n) is 6.87. The first kappa shape index (κ1) is 16.3. The van der Waals surface area contributed by atoms with E-state index in [2.05, 4.69) is 58.6 Å². The Morgan fingerprint density at radius 1 is 1.22 bits per heavy atom. The van der Waals surface area contributed by atoms with Crippen molar-refractivity contribution in [2.24, 2.45) is 0 Å². The van der Waals surface area contributed by atoms with Crippen molar-refractivity contribution in [1.29, 1.82) is 0 Å². The Balaban J connectivity index is 1.59. The number of aromatic nitrogens is 2. The molecule has 1 aromatic carbocycles. The molecule has 3 heteroatoms. The summed E-state index contributed by atoms with van der Waals surface area (Å²) in [6.07, 6.45) is 10.4. The lowest BCUT2D eigenvalue weighted by molar-refractivity contribution is 0.107. The van der Waals surface area contributed by atoms with Gasteiger partial charge in [-0.1, -0.05) is 36.8 Å². The number of rotatable bonds is 6. The van der Waals surface area contributed by atoms with Crippen molar-refractivity contribution in [1.82, 2.24) is 14.5 Å². The molecule has 124 valence electrons. The number of benzene rings is 1. The molecule has 2 heterocycles. The summed E-state index contributed by atoms with van der Waals surface area (Å²) in [7, 11) is 0. The normalized spacial score (nSPS) is 20.5. The zero-order chi connectivity index (χ0) is 16.1. The maximum atomic E-state index is 4.31. The SMILES string of the molecule is Cc1cncn1C(C)C1CCCCN1CCCc1ccccc1. The molecule has 1 aromatic heterocycles. The summed E-state index contributed by atoms with van der Waals surface area (Å²) in [5.74, 6) is 0. The van der Waals surface area contributed by atoms with Gasteiger partial charge in [0.05, 0.1) is 6.33 Å². The molecule has 0 amide bonds. The molecule has 0 aliphatic carbocycles. The highest BCUT2D eigenvalue weighted by Crippen LogP contribution is 2.27. The minimum Gasteiger partial charge on any atom is -0.331 e. The van der Waals surface area contributed by atoms with Gasteiger partial charge in [0.1, 0.15) is 0 Å². The number of imidazole rings is 1. The van der Waals surface area contributed by atoms with Crippen LogP contribution in [0.3, 0.4) is 0 Å². The van der Waals surface area contributed by atoms with Crippen LogP contribution in [0.4, 0.5) is 0 Å². The maximum Gasteiger partial charge on any atom is 0.0951 e. The predicted molar refractivity (Wildman–Crippen MR) is 95.7 cm³/mol. The third kappa shape index (κ3) is 4.03. The third-order valence-corrected chi connectivity index (χ3v) is 5.27. The number of hydrogen-bond donors (Lipinski definition) is 0. The first-order valence-corrected chi connectivity index (χ1v) is 9.02. The van der Waals surface area contributed by atoms with Gasteiger partial charge in [-0.15, -0.1) is 0 Å². The van der Waals surface area contributed by atoms with Gasteiger partial charge >= 0.3 is 0 Å². The maximum absolute atomic E-state index is 4.31. The van der Waals surface area contributed by atoms with Gasteiger partial charge in [-0.2, -0.15) is 0 Å². The molecule has 23 heavy (non-hydrogen) atoms. The second kappa shape index (κ2) is 7.78. The Hall–Kier alpha value is -1.61. The van der Waals surface area contributed by atoms with Crippen LogP contribution in [-0.2, 0) is 6.42 Å². The Bertz CT molecular complexity index is 590. The molecule has 0 radical (unpaired) electrons. The average Bonchev–Trinajstić information content (AvgIpc) is 3.02. The molecular formula is C20H29N3. The minimum atomic E-state index is 0.509. The van der Waals surface area contributed by atoms with E-state index in [1.165, 1.54) is 56.5 Å². The molecule has 1 aliphatic heterocycles. The Morgan fingerprint density at radius 2 is 2.04 bits per heavy atom. The highest BCUT2D eigenvalue weighted by molar-refractivity contribution is 5.14. The van der Waals surface area contributed by atoms with Crippen molar-refractivity contribution in [2.75, 3.05) is 13.1 Å². The summed E-state index contributed by atoms with van der Waals surface area (Å²) >= 11 is 0. The molecule has 3 nitrogen and oxygen atoms in total. The lowest BCUT2D eigenvalue weighted by Crippen LogP contribution is -2.44. The van der Waals surface area contributed by atoms with Crippen molar-refractivity contribution in [2.45, 2.75) is 58.0 Å². The fourth-order valence-corrected chi connectivity index (χ4v) is 3.95. The monoisotopic (exact) mass is 311 g/mol. The van der Waals surface area contributed by atoms with E-state index in [0.717, 1.165) is 0 Å². The summed E-state index contributed by atoms with van der Waals surface area (Å²) in [6.45, 7) is 6.97. The zero-order valence-corrected chi connectivity index (χ0v) is 14.5. The zero-order valence-electron chi connectivity index (χ0n) is 14.5. The van der Waals surface area contributed by atoms with Crippen molar-refractivity contribution < 1.29 is 0 Å². The highest BCUT2D eigenvalue weighted by Gasteiger charge is 2.28. The van der Waals surface area contributed by atoms with Gasteiger partial charge < -0.3 is 4.57 Å². The quantitative estimate of drug-likeness (QED) is 0.795. The smallest absolute Gasteiger partial charge is 0.0951 e. The molecule has 0 N–H and O–H groups in total. The van der Waals surface area contributed by atoms with E-state index >= 15 is 0 Å². The fraction of sp³-hybridized carbons (Fsp3) is 0.550. The molecule has 0 spiro atoms. The Morgan fingerprint density at radius 3 is 2.78 bits per heavy atom. The summed E-state index contributed by atoms with van der Waals surface area (Å²) in [5.41, 5.74) is 2.73. The molecule has 0 bridgehead atoms. The average molecular weight is 311 g/mol. The van der Waals surface area contributed by atoms with Crippen LogP contribution in [0.2, 0.25) is 0 Å². The van der Waals surface area contributed by atoms with Crippen LogP contribution >= 0.6 is 0 Å². The van der Waals surface area contributed by atoms with Crippen molar-refractivity contribution in [3.05, 3.63) is 54.1 Å². The van der Waals surface area contributed by atoms with Crippen molar-refractivity contribution in [3.8, 4) is 0 Å². The van der Waals surface area contributed by atoms with Crippen LogP contribution < -0.4 is 0 Å². The largest absolute Gasteiger partial charge is 0.331 e. The second-order valence-corrected chi connectivity index (χ2v) is 6.87. The lowest BCUT2D eigenvalue weighted by Gasteiger charge is -2.40. The molecule has 2 atom stereocenters. The summed E-state index contributed by atoms with van der Waals surface area (Å²) < 4.78 is 2.35. The van der Waals surface area contributed by atoms with E-state index in [4.69, 9.17) is 0 Å². The molecule has 1 saturated heterocycles. The van der Waals surface area contributed by atoms with Crippen LogP contribution in [0, 0.1) is 6.92 Å². The minimum absolute atomic E-state index is 0.509. The van der Waals surface area contributed by atoms with Gasteiger partial charge in [0, 0.05) is 24.0 Å². The molecule has 2 aromatic rings. The van der Waals surface area contributed by atoms with Gasteiger partial charge in [-0.25, -0.2) is 4.98 Å². The molecule has 2 unspecified atom stereocenters. The Labute approximate surface area is 140 Å². The van der Waals surface area contributed by atoms with E-state index in [0.29, 0.717) is 12.1 Å². The van der Waals surface area contributed by atoms with E-state index in [-0.39, 0.29) is 0 Å². The number of hydrogen-bond acceptors (Lipinski definition) is 2. The van der Waals surface area contributed by atoms with Crippen LogP contribution in [0.15, 0.2) is 42.9 Å². The number of piperidine rings is 1. The molecule has 1 fully saturated rings. The highest BCUT2D eigenvalue weighted by atomic mass is 15.2. The molecule has 3 rings (SSSR count). The fourth-order valence-electron chi connectivity index (χ4n) is 3.95. The summed E-state index contributed by atoms with van der Waals surface area (Å²) in [5, 5.41) is 0. The summed E-state index contributed by atoms with van der Waals surface area (Å²) in [6, 6.07) is 12.0. The molecule has 1 aliphatic rings. The standard InChI is InChI=1S/C20H29N3/c1-17-15-21-16-23(17)18(2)20-12-6-7-13-22(20)14-8-11-19-9-4-3-5-10-19/h3-5,9-10,15-16,18,20H,6-8,11-14H2,1-2H3. The van der Waals surface area contributed by atoms with E-state index in [1.54, 1.807) is 0 Å². The van der Waals surface area contributed by atoms with Gasteiger partial charge in [0.2, 0.25) is 0 Å². The molecule has 0 saturated carbocycles. The number of likely N-dealkylation sites (tertiary alicyclic amines) is 1. The van der Waals surface area contributed by atoms with E-state index in [9.17, 15) is 0 Å². The first-order valence-electron chi connectivity index (χ1n) is 9.02. The van der Waals surface area contributed by atoms with Gasteiger partial charge in [0.15, 0.2) is 0 Å². The van der Waals surface area contributed by atoms with E-state index in [1.807, 2.05) is 12.5 Å². The Kier molecular flexibility index (Phi) is 5.50. The van der Waals surface area contributed by atoms with Crippen LogP contribution in [-0.4, -0.2) is 33.6 Å². The lowest BCUT2D eigenvalue weighted by atomic mass is 9.95. The van der Waals surface area contributed by atoms with Crippen LogP contribution in [0.1, 0.15) is 49.9 Å². The van der Waals surface area contributed by atoms with Crippen molar-refractivity contribution in [3.63, 3.8) is 0 Å². The number of nitrogens with zero attached hydrogens (tertiary/aromatic N) is 3.